The summed E-state index contributed by atoms with van der Waals surface area (Å²) in [5.74, 6) is 4.09. The van der Waals surface area contributed by atoms with E-state index in [0.29, 0.717) is 0 Å². The average Bonchev–Trinajstić information content (AvgIpc) is 2.61. The van der Waals surface area contributed by atoms with Crippen molar-refractivity contribution in [3.63, 3.8) is 0 Å². The maximum Gasteiger partial charge on any atom is 0.342 e. The van der Waals surface area contributed by atoms with E-state index < -0.39 is 21.0 Å². The third-order valence-electron chi connectivity index (χ3n) is 1.70. The summed E-state index contributed by atoms with van der Waals surface area (Å²) < 4.78 is 28.7. The van der Waals surface area contributed by atoms with E-state index in [1.54, 1.807) is 11.8 Å². The van der Waals surface area contributed by atoms with Gasteiger partial charge in [-0.3, -0.25) is 10.5 Å². The molecule has 0 radical (unpaired) electrons. The van der Waals surface area contributed by atoms with Crippen molar-refractivity contribution in [2.24, 2.45) is 12.9 Å². The molecule has 8 nitrogen and oxygen atoms in total. The number of hydrazine groups is 1. The molecule has 0 aliphatic rings. The number of carbonyl (C=O) groups excluding carboxylic acids is 1. The Morgan fingerprint density at radius 3 is 2.81 bits per heavy atom. The molecule has 16 heavy (non-hydrogen) atoms. The Hall–Kier alpha value is -1.45. The van der Waals surface area contributed by atoms with E-state index in [4.69, 9.17) is 10.6 Å². The Bertz CT molecular complexity index is 492. The smallest absolute Gasteiger partial charge is 0.342 e. The molecular weight excluding hydrogens is 236 g/mol. The third kappa shape index (κ3) is 2.38. The number of aryl methyl sites for hydroxylation is 1. The van der Waals surface area contributed by atoms with Gasteiger partial charge in [0.15, 0.2) is 0 Å². The van der Waals surface area contributed by atoms with Crippen molar-refractivity contribution in [2.75, 3.05) is 6.61 Å². The summed E-state index contributed by atoms with van der Waals surface area (Å²) in [5.41, 5.74) is -0.151. The van der Waals surface area contributed by atoms with Crippen LogP contribution in [0.2, 0.25) is 0 Å². The molecule has 0 unspecified atom stereocenters. The molecule has 0 amide bonds. The lowest BCUT2D eigenvalue weighted by atomic mass is 10.4. The molecule has 1 rings (SSSR count). The summed E-state index contributed by atoms with van der Waals surface area (Å²) in [4.78, 5) is 13.0. The Kier molecular flexibility index (Phi) is 3.62. The van der Waals surface area contributed by atoms with Crippen LogP contribution in [0.4, 0.5) is 0 Å². The molecule has 90 valence electrons. The van der Waals surface area contributed by atoms with E-state index in [1.165, 1.54) is 17.9 Å². The number of sulfonamides is 1. The maximum atomic E-state index is 11.4. The summed E-state index contributed by atoms with van der Waals surface area (Å²) in [6, 6.07) is 0. The standard InChI is InChI=1S/C7H12N4O4S/c1-3-15-7(12)5-4-11(2)9-6(5)16(13,14)10-8/h4,10H,3,8H2,1-2H3. The predicted molar refractivity (Wildman–Crippen MR) is 53.7 cm³/mol. The first-order valence-electron chi connectivity index (χ1n) is 4.35. The number of ether oxygens (including phenoxy) is 1. The Morgan fingerprint density at radius 2 is 2.31 bits per heavy atom. The van der Waals surface area contributed by atoms with Crippen molar-refractivity contribution >= 4 is 16.0 Å². The summed E-state index contributed by atoms with van der Waals surface area (Å²) in [6.07, 6.45) is 1.25. The van der Waals surface area contributed by atoms with E-state index in [-0.39, 0.29) is 12.2 Å². The number of rotatable bonds is 4. The van der Waals surface area contributed by atoms with Crippen LogP contribution >= 0.6 is 0 Å². The SMILES string of the molecule is CCOC(=O)c1cn(C)nc1S(=O)(=O)NN. The summed E-state index contributed by atoms with van der Waals surface area (Å²) >= 11 is 0. The van der Waals surface area contributed by atoms with Gasteiger partial charge in [-0.2, -0.15) is 5.10 Å². The maximum absolute atomic E-state index is 11.4. The van der Waals surface area contributed by atoms with Gasteiger partial charge in [-0.15, -0.1) is 4.83 Å². The molecule has 0 aliphatic carbocycles. The molecule has 1 aromatic rings. The van der Waals surface area contributed by atoms with Gasteiger partial charge in [0.25, 0.3) is 10.0 Å². The van der Waals surface area contributed by atoms with Gasteiger partial charge in [0.1, 0.15) is 5.56 Å². The van der Waals surface area contributed by atoms with Crippen molar-refractivity contribution in [3.05, 3.63) is 11.8 Å². The Morgan fingerprint density at radius 1 is 1.69 bits per heavy atom. The zero-order chi connectivity index (χ0) is 12.3. The third-order valence-corrected chi connectivity index (χ3v) is 2.82. The first-order valence-corrected chi connectivity index (χ1v) is 5.84. The fourth-order valence-corrected chi connectivity index (χ4v) is 1.84. The number of hydrogen-bond donors (Lipinski definition) is 2. The molecule has 3 N–H and O–H groups in total. The van der Waals surface area contributed by atoms with E-state index in [2.05, 4.69) is 5.10 Å². The lowest BCUT2D eigenvalue weighted by Crippen LogP contribution is -2.31. The van der Waals surface area contributed by atoms with E-state index in [9.17, 15) is 13.2 Å². The van der Waals surface area contributed by atoms with Crippen LogP contribution in [0.1, 0.15) is 17.3 Å². The molecule has 0 saturated carbocycles. The lowest BCUT2D eigenvalue weighted by molar-refractivity contribution is 0.0521. The molecule has 0 aliphatic heterocycles. The predicted octanol–water partition coefficient (Wildman–Crippen LogP) is -1.25. The van der Waals surface area contributed by atoms with E-state index >= 15 is 0 Å². The zero-order valence-corrected chi connectivity index (χ0v) is 9.61. The minimum absolute atomic E-state index is 0.142. The van der Waals surface area contributed by atoms with Crippen molar-refractivity contribution in [2.45, 2.75) is 11.9 Å². The largest absolute Gasteiger partial charge is 0.462 e. The van der Waals surface area contributed by atoms with Gasteiger partial charge < -0.3 is 4.74 Å². The average molecular weight is 248 g/mol. The molecule has 0 fully saturated rings. The van der Waals surface area contributed by atoms with Gasteiger partial charge in [-0.05, 0) is 6.92 Å². The van der Waals surface area contributed by atoms with Crippen LogP contribution in [0.15, 0.2) is 11.2 Å². The number of aromatic nitrogens is 2. The quantitative estimate of drug-likeness (QED) is 0.390. The van der Waals surface area contributed by atoms with Crippen LogP contribution in [0, 0.1) is 0 Å². The molecule has 0 atom stereocenters. The summed E-state index contributed by atoms with van der Waals surface area (Å²) in [5, 5.41) is 3.19. The zero-order valence-electron chi connectivity index (χ0n) is 8.80. The number of esters is 1. The van der Waals surface area contributed by atoms with Gasteiger partial charge in [-0.1, -0.05) is 0 Å². The fraction of sp³-hybridized carbons (Fsp3) is 0.429. The molecule has 1 heterocycles. The lowest BCUT2D eigenvalue weighted by Gasteiger charge is -2.01. The summed E-state index contributed by atoms with van der Waals surface area (Å²) in [7, 11) is -2.49. The second-order valence-corrected chi connectivity index (χ2v) is 4.49. The number of nitrogens with two attached hydrogens (primary N) is 1. The highest BCUT2D eigenvalue weighted by Gasteiger charge is 2.26. The van der Waals surface area contributed by atoms with Gasteiger partial charge in [0.2, 0.25) is 5.03 Å². The van der Waals surface area contributed by atoms with E-state index in [1.807, 2.05) is 0 Å². The summed E-state index contributed by atoms with van der Waals surface area (Å²) in [6.45, 7) is 1.76. The Balaban J connectivity index is 3.26. The highest BCUT2D eigenvalue weighted by Crippen LogP contribution is 2.13. The molecule has 1 aromatic heterocycles. The minimum atomic E-state index is -3.98. The van der Waals surface area contributed by atoms with E-state index in [0.717, 1.165) is 0 Å². The van der Waals surface area contributed by atoms with Crippen LogP contribution in [0.5, 0.6) is 0 Å². The van der Waals surface area contributed by atoms with Gasteiger partial charge in [0, 0.05) is 13.2 Å². The van der Waals surface area contributed by atoms with Crippen LogP contribution in [-0.4, -0.2) is 30.8 Å². The monoisotopic (exact) mass is 248 g/mol. The second-order valence-electron chi connectivity index (χ2n) is 2.86. The van der Waals surface area contributed by atoms with Crippen molar-refractivity contribution in [1.82, 2.24) is 14.6 Å². The van der Waals surface area contributed by atoms with Crippen LogP contribution < -0.4 is 10.7 Å². The number of hydrogen-bond acceptors (Lipinski definition) is 6. The Labute approximate surface area is 92.4 Å². The second kappa shape index (κ2) is 4.60. The first kappa shape index (κ1) is 12.6. The van der Waals surface area contributed by atoms with Gasteiger partial charge >= 0.3 is 5.97 Å². The first-order chi connectivity index (χ1) is 7.42. The van der Waals surface area contributed by atoms with Crippen molar-refractivity contribution in [1.29, 1.82) is 0 Å². The molecule has 0 saturated heterocycles. The molecule has 0 aromatic carbocycles. The molecule has 0 bridgehead atoms. The molecular formula is C7H12N4O4S. The normalized spacial score (nSPS) is 11.4. The van der Waals surface area contributed by atoms with Gasteiger partial charge in [-0.25, -0.2) is 13.2 Å². The fourth-order valence-electron chi connectivity index (χ4n) is 1.07. The minimum Gasteiger partial charge on any atom is -0.462 e. The number of carbonyl (C=O) groups is 1. The van der Waals surface area contributed by atoms with Crippen molar-refractivity contribution in [3.8, 4) is 0 Å². The number of nitrogens with zero attached hydrogens (tertiary/aromatic N) is 2. The van der Waals surface area contributed by atoms with Gasteiger partial charge in [0.05, 0.1) is 6.61 Å². The highest BCUT2D eigenvalue weighted by atomic mass is 32.2. The topological polar surface area (TPSA) is 116 Å². The van der Waals surface area contributed by atoms with Crippen LogP contribution in [-0.2, 0) is 21.8 Å². The number of nitrogens with one attached hydrogen (secondary N) is 1. The van der Waals surface area contributed by atoms with Crippen LogP contribution in [0.25, 0.3) is 0 Å². The molecule has 0 spiro atoms. The van der Waals surface area contributed by atoms with Crippen LogP contribution in [0.3, 0.4) is 0 Å². The highest BCUT2D eigenvalue weighted by molar-refractivity contribution is 7.89. The van der Waals surface area contributed by atoms with Crippen molar-refractivity contribution < 1.29 is 17.9 Å². The molecule has 9 heteroatoms.